The Kier molecular flexibility index (Phi) is 7.07. The van der Waals surface area contributed by atoms with Crippen molar-refractivity contribution in [1.82, 2.24) is 14.9 Å². The SMILES string of the molecule is COc1cnc(C(F)F)cc1-c1cc(C(=O)N(C)C)ccc1C(=O)Nc1ncc(C#CC2CC2)s1. The van der Waals surface area contributed by atoms with Gasteiger partial charge in [-0.1, -0.05) is 23.2 Å². The molecule has 1 fully saturated rings. The van der Waals surface area contributed by atoms with E-state index in [0.717, 1.165) is 23.8 Å². The number of anilines is 1. The number of amides is 2. The second-order valence-electron chi connectivity index (χ2n) is 8.10. The molecule has 2 aromatic heterocycles. The van der Waals surface area contributed by atoms with Crippen molar-refractivity contribution >= 4 is 28.3 Å². The van der Waals surface area contributed by atoms with E-state index in [9.17, 15) is 18.4 Å². The van der Waals surface area contributed by atoms with Gasteiger partial charge in [0.15, 0.2) is 5.13 Å². The number of alkyl halides is 2. The van der Waals surface area contributed by atoms with Crippen molar-refractivity contribution in [2.24, 2.45) is 5.92 Å². The molecule has 0 bridgehead atoms. The molecule has 0 radical (unpaired) electrons. The predicted molar refractivity (Wildman–Crippen MR) is 129 cm³/mol. The van der Waals surface area contributed by atoms with Crippen molar-refractivity contribution in [1.29, 1.82) is 0 Å². The number of rotatable bonds is 6. The molecule has 1 aliphatic carbocycles. The minimum Gasteiger partial charge on any atom is -0.494 e. The quantitative estimate of drug-likeness (QED) is 0.493. The third kappa shape index (κ3) is 5.63. The van der Waals surface area contributed by atoms with Crippen molar-refractivity contribution in [3.05, 3.63) is 58.4 Å². The van der Waals surface area contributed by atoms with Gasteiger partial charge in [-0.05, 0) is 42.7 Å². The fraction of sp³-hybridized carbons (Fsp3) is 0.280. The smallest absolute Gasteiger partial charge is 0.280 e. The average molecular weight is 497 g/mol. The number of carbonyl (C=O) groups excluding carboxylic acids is 2. The highest BCUT2D eigenvalue weighted by Gasteiger charge is 2.22. The predicted octanol–water partition coefficient (Wildman–Crippen LogP) is 4.87. The Morgan fingerprint density at radius 2 is 1.94 bits per heavy atom. The number of nitrogens with zero attached hydrogens (tertiary/aromatic N) is 3. The first-order chi connectivity index (χ1) is 16.8. The van der Waals surface area contributed by atoms with Gasteiger partial charge in [0.25, 0.3) is 18.2 Å². The Hall–Kier alpha value is -3.84. The van der Waals surface area contributed by atoms with E-state index in [-0.39, 0.29) is 33.9 Å². The number of aromatic nitrogens is 2. The van der Waals surface area contributed by atoms with Crippen LogP contribution in [-0.4, -0.2) is 47.9 Å². The monoisotopic (exact) mass is 496 g/mol. The summed E-state index contributed by atoms with van der Waals surface area (Å²) in [6, 6.07) is 5.63. The van der Waals surface area contributed by atoms with Gasteiger partial charge < -0.3 is 9.64 Å². The summed E-state index contributed by atoms with van der Waals surface area (Å²) in [4.78, 5) is 35.9. The van der Waals surface area contributed by atoms with Crippen molar-refractivity contribution in [3.8, 4) is 28.7 Å². The molecule has 10 heteroatoms. The first kappa shape index (κ1) is 24.3. The summed E-state index contributed by atoms with van der Waals surface area (Å²) in [5, 5.41) is 3.09. The molecule has 0 saturated heterocycles. The topological polar surface area (TPSA) is 84.4 Å². The molecule has 7 nitrogen and oxygen atoms in total. The molecule has 0 atom stereocenters. The van der Waals surface area contributed by atoms with E-state index in [0.29, 0.717) is 11.0 Å². The zero-order valence-electron chi connectivity index (χ0n) is 19.3. The number of pyridine rings is 1. The fourth-order valence-corrected chi connectivity index (χ4v) is 3.94. The molecule has 0 spiro atoms. The number of methoxy groups -OCH3 is 1. The lowest BCUT2D eigenvalue weighted by molar-refractivity contribution is 0.0827. The number of nitrogens with one attached hydrogen (secondary N) is 1. The van der Waals surface area contributed by atoms with Crippen LogP contribution in [0, 0.1) is 17.8 Å². The zero-order chi connectivity index (χ0) is 25.1. The Bertz CT molecular complexity index is 1340. The highest BCUT2D eigenvalue weighted by Crippen LogP contribution is 2.36. The molecule has 2 heterocycles. The molecule has 35 heavy (non-hydrogen) atoms. The van der Waals surface area contributed by atoms with Crippen LogP contribution in [0.3, 0.4) is 0 Å². The third-order valence-electron chi connectivity index (χ3n) is 5.24. The van der Waals surface area contributed by atoms with Gasteiger partial charge in [0.1, 0.15) is 11.4 Å². The number of ether oxygens (including phenoxy) is 1. The van der Waals surface area contributed by atoms with Crippen LogP contribution in [-0.2, 0) is 0 Å². The maximum absolute atomic E-state index is 13.4. The van der Waals surface area contributed by atoms with Crippen LogP contribution in [0.1, 0.15) is 50.6 Å². The van der Waals surface area contributed by atoms with Crippen LogP contribution >= 0.6 is 11.3 Å². The third-order valence-corrected chi connectivity index (χ3v) is 6.07. The molecule has 0 unspecified atom stereocenters. The molecule has 3 aromatic rings. The van der Waals surface area contributed by atoms with Gasteiger partial charge in [-0.25, -0.2) is 13.8 Å². The minimum atomic E-state index is -2.82. The summed E-state index contributed by atoms with van der Waals surface area (Å²) in [6.07, 6.45) is 2.15. The summed E-state index contributed by atoms with van der Waals surface area (Å²) in [5.74, 6) is 6.00. The summed E-state index contributed by atoms with van der Waals surface area (Å²) in [5.41, 5.74) is 0.431. The van der Waals surface area contributed by atoms with Crippen LogP contribution in [0.4, 0.5) is 13.9 Å². The van der Waals surface area contributed by atoms with Crippen molar-refractivity contribution in [3.63, 3.8) is 0 Å². The molecule has 2 amide bonds. The van der Waals surface area contributed by atoms with E-state index in [1.165, 1.54) is 47.7 Å². The first-order valence-corrected chi connectivity index (χ1v) is 11.6. The molecular formula is C25H22F2N4O3S. The molecule has 0 aliphatic heterocycles. The van der Waals surface area contributed by atoms with Crippen molar-refractivity contribution in [2.45, 2.75) is 19.3 Å². The van der Waals surface area contributed by atoms with Gasteiger partial charge in [-0.15, -0.1) is 0 Å². The van der Waals surface area contributed by atoms with Gasteiger partial charge in [0.05, 0.1) is 24.4 Å². The van der Waals surface area contributed by atoms with Crippen LogP contribution in [0.25, 0.3) is 11.1 Å². The lowest BCUT2D eigenvalue weighted by Gasteiger charge is -2.16. The van der Waals surface area contributed by atoms with E-state index in [2.05, 4.69) is 27.1 Å². The van der Waals surface area contributed by atoms with Crippen LogP contribution in [0.15, 0.2) is 36.7 Å². The number of hydrogen-bond donors (Lipinski definition) is 1. The molecule has 1 N–H and O–H groups in total. The summed E-state index contributed by atoms with van der Waals surface area (Å²) >= 11 is 1.24. The molecule has 1 saturated carbocycles. The minimum absolute atomic E-state index is 0.158. The van der Waals surface area contributed by atoms with Crippen LogP contribution in [0.2, 0.25) is 0 Å². The molecular weight excluding hydrogens is 474 g/mol. The number of halogens is 2. The Balaban J connectivity index is 1.74. The number of thiazole rings is 1. The Morgan fingerprint density at radius 3 is 2.60 bits per heavy atom. The second-order valence-corrected chi connectivity index (χ2v) is 9.13. The van der Waals surface area contributed by atoms with E-state index >= 15 is 0 Å². The van der Waals surface area contributed by atoms with Crippen LogP contribution < -0.4 is 10.1 Å². The summed E-state index contributed by atoms with van der Waals surface area (Å²) < 4.78 is 32.2. The lowest BCUT2D eigenvalue weighted by Crippen LogP contribution is -2.22. The van der Waals surface area contributed by atoms with Crippen LogP contribution in [0.5, 0.6) is 5.75 Å². The van der Waals surface area contributed by atoms with Gasteiger partial charge >= 0.3 is 0 Å². The Labute approximate surface area is 205 Å². The number of benzene rings is 1. The van der Waals surface area contributed by atoms with Crippen molar-refractivity contribution < 1.29 is 23.1 Å². The molecule has 180 valence electrons. The maximum Gasteiger partial charge on any atom is 0.280 e. The van der Waals surface area contributed by atoms with Gasteiger partial charge in [0.2, 0.25) is 0 Å². The van der Waals surface area contributed by atoms with E-state index in [1.54, 1.807) is 20.3 Å². The standard InChI is InChI=1S/C25H22F2N4O3S/c1-31(2)24(33)15-7-9-17(18(10-15)19-11-20(22(26)27)28-13-21(19)34-3)23(32)30-25-29-12-16(35-25)8-6-14-4-5-14/h7,9-14,22H,4-5H2,1-3H3,(H,29,30,32). The fourth-order valence-electron chi connectivity index (χ4n) is 3.26. The largest absolute Gasteiger partial charge is 0.494 e. The zero-order valence-corrected chi connectivity index (χ0v) is 20.1. The number of hydrogen-bond acceptors (Lipinski definition) is 6. The maximum atomic E-state index is 13.4. The van der Waals surface area contributed by atoms with E-state index in [1.807, 2.05) is 0 Å². The average Bonchev–Trinajstić information content (AvgIpc) is 3.58. The second kappa shape index (κ2) is 10.2. The summed E-state index contributed by atoms with van der Waals surface area (Å²) in [6.45, 7) is 0. The molecule has 1 aliphatic rings. The highest BCUT2D eigenvalue weighted by atomic mass is 32.1. The molecule has 4 rings (SSSR count). The van der Waals surface area contributed by atoms with Crippen molar-refractivity contribution in [2.75, 3.05) is 26.5 Å². The van der Waals surface area contributed by atoms with Gasteiger partial charge in [0, 0.05) is 36.7 Å². The summed E-state index contributed by atoms with van der Waals surface area (Å²) in [7, 11) is 4.56. The van der Waals surface area contributed by atoms with E-state index in [4.69, 9.17) is 4.74 Å². The lowest BCUT2D eigenvalue weighted by atomic mass is 9.95. The first-order valence-electron chi connectivity index (χ1n) is 10.7. The Morgan fingerprint density at radius 1 is 1.17 bits per heavy atom. The molecule has 1 aromatic carbocycles. The van der Waals surface area contributed by atoms with E-state index < -0.39 is 18.0 Å². The normalized spacial score (nSPS) is 12.6. The highest BCUT2D eigenvalue weighted by molar-refractivity contribution is 7.16. The van der Waals surface area contributed by atoms with Gasteiger partial charge in [-0.2, -0.15) is 0 Å². The van der Waals surface area contributed by atoms with Gasteiger partial charge in [-0.3, -0.25) is 19.9 Å². The number of carbonyl (C=O) groups is 2.